The molecule has 5 nitrogen and oxygen atoms in total. The topological polar surface area (TPSA) is 64.8 Å². The molecule has 0 unspecified atom stereocenters. The van der Waals surface area contributed by atoms with Crippen molar-refractivity contribution in [2.75, 3.05) is 0 Å². The molecule has 0 radical (unpaired) electrons. The minimum Gasteiger partial charge on any atom is -0.224 e. The Labute approximate surface area is 133 Å². The molecule has 0 bridgehead atoms. The maximum absolute atomic E-state index is 12.6. The van der Waals surface area contributed by atoms with Crippen LogP contribution in [0.5, 0.6) is 0 Å². The fourth-order valence-corrected chi connectivity index (χ4v) is 3.99. The van der Waals surface area contributed by atoms with Gasteiger partial charge in [0, 0.05) is 28.8 Å². The Kier molecular flexibility index (Phi) is 3.43. The molecule has 2 aromatic heterocycles. The van der Waals surface area contributed by atoms with Gasteiger partial charge in [0.15, 0.2) is 9.48 Å². The normalized spacial score (nSPS) is 11.9. The standard InChI is InChI=1S/C12H7ClIN3O2S/c13-10-9-6-7-17(11(9)16-12(14)15-10)20(18,19)8-4-2-1-3-5-8/h1-7H. The summed E-state index contributed by atoms with van der Waals surface area (Å²) < 4.78 is 26.7. The van der Waals surface area contributed by atoms with Crippen LogP contribution < -0.4 is 0 Å². The van der Waals surface area contributed by atoms with Crippen LogP contribution in [-0.4, -0.2) is 22.4 Å². The van der Waals surface area contributed by atoms with Crippen molar-refractivity contribution in [1.82, 2.24) is 13.9 Å². The second-order valence-electron chi connectivity index (χ2n) is 3.95. The van der Waals surface area contributed by atoms with Crippen molar-refractivity contribution < 1.29 is 8.42 Å². The lowest BCUT2D eigenvalue weighted by atomic mass is 10.4. The molecule has 3 aromatic rings. The summed E-state index contributed by atoms with van der Waals surface area (Å²) in [6, 6.07) is 9.77. The summed E-state index contributed by atoms with van der Waals surface area (Å²) in [5, 5.41) is 0.744. The van der Waals surface area contributed by atoms with Gasteiger partial charge in [0.05, 0.1) is 10.3 Å². The van der Waals surface area contributed by atoms with E-state index >= 15 is 0 Å². The molecule has 0 amide bonds. The van der Waals surface area contributed by atoms with Crippen molar-refractivity contribution in [3.63, 3.8) is 0 Å². The predicted molar refractivity (Wildman–Crippen MR) is 84.3 cm³/mol. The summed E-state index contributed by atoms with van der Waals surface area (Å²) in [6.45, 7) is 0. The van der Waals surface area contributed by atoms with Gasteiger partial charge in [-0.1, -0.05) is 29.8 Å². The lowest BCUT2D eigenvalue weighted by molar-refractivity contribution is 0.588. The number of hydrogen-bond acceptors (Lipinski definition) is 4. The van der Waals surface area contributed by atoms with Crippen molar-refractivity contribution in [3.05, 3.63) is 51.6 Å². The molecule has 0 saturated carbocycles. The molecule has 0 N–H and O–H groups in total. The Hall–Kier alpha value is -1.19. The Bertz CT molecular complexity index is 894. The molecule has 8 heteroatoms. The maximum atomic E-state index is 12.6. The van der Waals surface area contributed by atoms with Crippen LogP contribution in [0, 0.1) is 3.83 Å². The molecule has 0 spiro atoms. The van der Waals surface area contributed by atoms with Gasteiger partial charge in [-0.25, -0.2) is 22.4 Å². The number of hydrogen-bond donors (Lipinski definition) is 0. The largest absolute Gasteiger partial charge is 0.269 e. The first kappa shape index (κ1) is 13.8. The third-order valence-electron chi connectivity index (χ3n) is 2.74. The lowest BCUT2D eigenvalue weighted by Crippen LogP contribution is -2.12. The number of halogens is 2. The summed E-state index contributed by atoms with van der Waals surface area (Å²) in [6.07, 6.45) is 1.43. The van der Waals surface area contributed by atoms with Crippen LogP contribution in [0.4, 0.5) is 0 Å². The van der Waals surface area contributed by atoms with E-state index in [1.807, 2.05) is 22.6 Å². The number of aromatic nitrogens is 3. The van der Waals surface area contributed by atoms with Crippen molar-refractivity contribution in [2.24, 2.45) is 0 Å². The van der Waals surface area contributed by atoms with Gasteiger partial charge >= 0.3 is 0 Å². The molecule has 1 aromatic carbocycles. The fraction of sp³-hybridized carbons (Fsp3) is 0. The molecule has 0 atom stereocenters. The van der Waals surface area contributed by atoms with Gasteiger partial charge in [0.2, 0.25) is 0 Å². The van der Waals surface area contributed by atoms with Gasteiger partial charge in [-0.05, 0) is 18.2 Å². The maximum Gasteiger partial charge on any atom is 0.269 e. The second kappa shape index (κ2) is 4.97. The van der Waals surface area contributed by atoms with Gasteiger partial charge in [0.25, 0.3) is 10.0 Å². The minimum atomic E-state index is -3.69. The molecule has 0 aliphatic carbocycles. The van der Waals surface area contributed by atoms with E-state index in [2.05, 4.69) is 9.97 Å². The van der Waals surface area contributed by atoms with Gasteiger partial charge in [-0.15, -0.1) is 0 Å². The summed E-state index contributed by atoms with van der Waals surface area (Å²) >= 11 is 7.90. The molecule has 3 rings (SSSR count). The third kappa shape index (κ3) is 2.19. The van der Waals surface area contributed by atoms with Gasteiger partial charge in [-0.3, -0.25) is 0 Å². The highest BCUT2D eigenvalue weighted by Crippen LogP contribution is 2.25. The van der Waals surface area contributed by atoms with E-state index in [1.54, 1.807) is 24.3 Å². The van der Waals surface area contributed by atoms with Crippen LogP contribution in [0.1, 0.15) is 0 Å². The van der Waals surface area contributed by atoms with Crippen molar-refractivity contribution in [1.29, 1.82) is 0 Å². The van der Waals surface area contributed by atoms with Crippen molar-refractivity contribution in [2.45, 2.75) is 4.90 Å². The molecule has 0 aliphatic heterocycles. The second-order valence-corrected chi connectivity index (χ2v) is 7.09. The van der Waals surface area contributed by atoms with Crippen LogP contribution in [0.2, 0.25) is 5.15 Å². The first-order valence-electron chi connectivity index (χ1n) is 5.51. The van der Waals surface area contributed by atoms with E-state index in [4.69, 9.17) is 11.6 Å². The Balaban J connectivity index is 2.31. The van der Waals surface area contributed by atoms with Gasteiger partial charge in [-0.2, -0.15) is 0 Å². The third-order valence-corrected chi connectivity index (χ3v) is 5.19. The molecule has 20 heavy (non-hydrogen) atoms. The van der Waals surface area contributed by atoms with E-state index in [1.165, 1.54) is 18.3 Å². The minimum absolute atomic E-state index is 0.197. The van der Waals surface area contributed by atoms with Crippen LogP contribution in [0.15, 0.2) is 47.5 Å². The number of nitrogens with zero attached hydrogens (tertiary/aromatic N) is 3. The first-order chi connectivity index (χ1) is 9.50. The zero-order valence-electron chi connectivity index (χ0n) is 9.86. The predicted octanol–water partition coefficient (Wildman–Crippen LogP) is 2.93. The Morgan fingerprint density at radius 2 is 1.80 bits per heavy atom. The fourth-order valence-electron chi connectivity index (χ4n) is 1.83. The molecule has 0 saturated heterocycles. The van der Waals surface area contributed by atoms with Crippen LogP contribution in [0.25, 0.3) is 11.0 Å². The highest BCUT2D eigenvalue weighted by Gasteiger charge is 2.20. The van der Waals surface area contributed by atoms with Crippen molar-refractivity contribution >= 4 is 55.2 Å². The summed E-state index contributed by atoms with van der Waals surface area (Å²) in [7, 11) is -3.69. The summed E-state index contributed by atoms with van der Waals surface area (Å²) in [5.41, 5.74) is 0.276. The van der Waals surface area contributed by atoms with Gasteiger partial charge in [0.1, 0.15) is 5.15 Å². The van der Waals surface area contributed by atoms with E-state index in [-0.39, 0.29) is 15.7 Å². The summed E-state index contributed by atoms with van der Waals surface area (Å²) in [5.74, 6) is 0. The van der Waals surface area contributed by atoms with Crippen LogP contribution in [0.3, 0.4) is 0 Å². The van der Waals surface area contributed by atoms with Crippen molar-refractivity contribution in [3.8, 4) is 0 Å². The highest BCUT2D eigenvalue weighted by atomic mass is 127. The SMILES string of the molecule is O=S(=O)(c1ccccc1)n1ccc2c(Cl)nc(I)nc21. The molecule has 102 valence electrons. The van der Waals surface area contributed by atoms with E-state index in [9.17, 15) is 8.42 Å². The van der Waals surface area contributed by atoms with Crippen LogP contribution in [-0.2, 0) is 10.0 Å². The van der Waals surface area contributed by atoms with Crippen LogP contribution >= 0.6 is 34.2 Å². The molecule has 2 heterocycles. The average Bonchev–Trinajstić information content (AvgIpc) is 2.84. The summed E-state index contributed by atoms with van der Waals surface area (Å²) in [4.78, 5) is 8.36. The zero-order valence-corrected chi connectivity index (χ0v) is 13.6. The Morgan fingerprint density at radius 3 is 2.50 bits per heavy atom. The van der Waals surface area contributed by atoms with E-state index in [0.717, 1.165) is 3.97 Å². The number of rotatable bonds is 2. The monoisotopic (exact) mass is 419 g/mol. The smallest absolute Gasteiger partial charge is 0.224 e. The van der Waals surface area contributed by atoms with Gasteiger partial charge < -0.3 is 0 Å². The quantitative estimate of drug-likeness (QED) is 0.364. The average molecular weight is 420 g/mol. The molecule has 0 fully saturated rings. The number of fused-ring (bicyclic) bond motifs is 1. The first-order valence-corrected chi connectivity index (χ1v) is 8.40. The molecular formula is C12H7ClIN3O2S. The molecular weight excluding hydrogens is 413 g/mol. The highest BCUT2D eigenvalue weighted by molar-refractivity contribution is 14.1. The van der Waals surface area contributed by atoms with E-state index in [0.29, 0.717) is 9.22 Å². The van der Waals surface area contributed by atoms with E-state index < -0.39 is 10.0 Å². The zero-order chi connectivity index (χ0) is 14.3. The number of benzene rings is 1. The Morgan fingerprint density at radius 1 is 1.10 bits per heavy atom. The lowest BCUT2D eigenvalue weighted by Gasteiger charge is -2.07. The molecule has 0 aliphatic rings.